The number of halogens is 1. The van der Waals surface area contributed by atoms with Gasteiger partial charge in [-0.25, -0.2) is 4.39 Å². The number of aliphatic hydroxyl groups excluding tert-OH is 1. The van der Waals surface area contributed by atoms with Gasteiger partial charge in [0.25, 0.3) is 11.7 Å². The normalized spacial score (nSPS) is 20.4. The second-order valence-electron chi connectivity index (χ2n) is 8.72. The van der Waals surface area contributed by atoms with Gasteiger partial charge in [-0.05, 0) is 54.8 Å². The predicted molar refractivity (Wildman–Crippen MR) is 130 cm³/mol. The lowest BCUT2D eigenvalue weighted by atomic mass is 9.95. The number of Topliss-reactive ketones (excluding diaryl/α,β-unsaturated/α-hetero) is 1. The summed E-state index contributed by atoms with van der Waals surface area (Å²) in [5.41, 5.74) is 0.990. The summed E-state index contributed by atoms with van der Waals surface area (Å²) in [7, 11) is 0. The molecule has 0 unspecified atom stereocenters. The first-order valence-electron chi connectivity index (χ1n) is 12.1. The molecule has 1 N–H and O–H groups in total. The van der Waals surface area contributed by atoms with Gasteiger partial charge < -0.3 is 19.5 Å². The Bertz CT molecular complexity index is 1060. The number of benzene rings is 2. The fourth-order valence-corrected chi connectivity index (χ4v) is 4.48. The number of carbonyl (C=O) groups excluding carboxylic acids is 2. The van der Waals surface area contributed by atoms with Crippen LogP contribution in [0.25, 0.3) is 5.76 Å². The molecule has 0 aliphatic carbocycles. The highest BCUT2D eigenvalue weighted by atomic mass is 19.1. The highest BCUT2D eigenvalue weighted by molar-refractivity contribution is 6.46. The molecule has 0 spiro atoms. The van der Waals surface area contributed by atoms with Crippen molar-refractivity contribution >= 4 is 17.4 Å². The summed E-state index contributed by atoms with van der Waals surface area (Å²) in [4.78, 5) is 29.9. The molecule has 2 heterocycles. The van der Waals surface area contributed by atoms with Gasteiger partial charge in [-0.3, -0.25) is 14.5 Å². The third-order valence-electron chi connectivity index (χ3n) is 6.30. The molecule has 2 aliphatic rings. The van der Waals surface area contributed by atoms with E-state index in [1.807, 2.05) is 6.92 Å². The summed E-state index contributed by atoms with van der Waals surface area (Å²) in [5.74, 6) is -1.42. The first kappa shape index (κ1) is 24.9. The predicted octanol–water partition coefficient (Wildman–Crippen LogP) is 3.76. The second kappa shape index (κ2) is 11.5. The van der Waals surface area contributed by atoms with E-state index in [9.17, 15) is 19.1 Å². The number of morpholine rings is 1. The van der Waals surface area contributed by atoms with Crippen LogP contribution in [0.5, 0.6) is 5.75 Å². The number of hydrogen-bond donors (Lipinski definition) is 1. The molecule has 2 aromatic carbocycles. The monoisotopic (exact) mass is 482 g/mol. The number of carbonyl (C=O) groups is 2. The summed E-state index contributed by atoms with van der Waals surface area (Å²) in [5, 5.41) is 11.2. The van der Waals surface area contributed by atoms with E-state index >= 15 is 0 Å². The van der Waals surface area contributed by atoms with E-state index in [1.54, 1.807) is 36.4 Å². The van der Waals surface area contributed by atoms with Crippen LogP contribution >= 0.6 is 0 Å². The molecule has 186 valence electrons. The SMILES string of the molecule is CCCOc1ccc(/C(O)=C2\C(=O)C(=O)N(CCCN3CCOCC3)[C@@H]2c2ccc(F)cc2)cc1. The van der Waals surface area contributed by atoms with Gasteiger partial charge in [-0.15, -0.1) is 0 Å². The summed E-state index contributed by atoms with van der Waals surface area (Å²) in [6.07, 6.45) is 1.53. The Morgan fingerprint density at radius 1 is 1.06 bits per heavy atom. The van der Waals surface area contributed by atoms with Gasteiger partial charge in [0, 0.05) is 31.7 Å². The van der Waals surface area contributed by atoms with Gasteiger partial charge in [0.1, 0.15) is 17.3 Å². The van der Waals surface area contributed by atoms with Crippen molar-refractivity contribution in [1.29, 1.82) is 0 Å². The number of nitrogens with zero attached hydrogens (tertiary/aromatic N) is 2. The summed E-state index contributed by atoms with van der Waals surface area (Å²) < 4.78 is 24.6. The van der Waals surface area contributed by atoms with E-state index in [0.717, 1.165) is 26.1 Å². The minimum atomic E-state index is -0.795. The number of likely N-dealkylation sites (tertiary alicyclic amines) is 1. The van der Waals surface area contributed by atoms with Gasteiger partial charge in [0.05, 0.1) is 31.4 Å². The Balaban J connectivity index is 1.63. The van der Waals surface area contributed by atoms with Crippen molar-refractivity contribution < 1.29 is 28.6 Å². The van der Waals surface area contributed by atoms with Crippen LogP contribution in [0.4, 0.5) is 4.39 Å². The zero-order valence-electron chi connectivity index (χ0n) is 19.9. The summed E-state index contributed by atoms with van der Waals surface area (Å²) >= 11 is 0. The average molecular weight is 483 g/mol. The summed E-state index contributed by atoms with van der Waals surface area (Å²) in [6, 6.07) is 11.7. The van der Waals surface area contributed by atoms with Crippen molar-refractivity contribution in [2.45, 2.75) is 25.8 Å². The molecule has 0 aromatic heterocycles. The molecule has 1 amide bonds. The molecule has 2 saturated heterocycles. The van der Waals surface area contributed by atoms with Crippen LogP contribution in [-0.4, -0.2) is 72.6 Å². The highest BCUT2D eigenvalue weighted by Crippen LogP contribution is 2.39. The van der Waals surface area contributed by atoms with Crippen LogP contribution < -0.4 is 4.74 Å². The van der Waals surface area contributed by atoms with Crippen molar-refractivity contribution in [1.82, 2.24) is 9.80 Å². The number of hydrogen-bond acceptors (Lipinski definition) is 6. The second-order valence-corrected chi connectivity index (χ2v) is 8.72. The van der Waals surface area contributed by atoms with Crippen LogP contribution in [0.15, 0.2) is 54.1 Å². The molecule has 1 atom stereocenters. The van der Waals surface area contributed by atoms with Gasteiger partial charge in [0.2, 0.25) is 0 Å². The standard InChI is InChI=1S/C27H31FN2O5/c1-2-16-35-22-10-6-20(7-11-22)25(31)23-24(19-4-8-21(28)9-5-19)30(27(33)26(23)32)13-3-12-29-14-17-34-18-15-29/h4-11,24,31H,2-3,12-18H2,1H3/b25-23+/t24-/m1/s1. The lowest BCUT2D eigenvalue weighted by molar-refractivity contribution is -0.140. The van der Waals surface area contributed by atoms with E-state index in [4.69, 9.17) is 9.47 Å². The van der Waals surface area contributed by atoms with Gasteiger partial charge >= 0.3 is 0 Å². The van der Waals surface area contributed by atoms with Crippen LogP contribution in [0.1, 0.15) is 36.9 Å². The molecule has 4 rings (SSSR count). The zero-order valence-corrected chi connectivity index (χ0v) is 19.9. The first-order valence-corrected chi connectivity index (χ1v) is 12.1. The molecule has 2 aromatic rings. The maximum Gasteiger partial charge on any atom is 0.295 e. The fourth-order valence-electron chi connectivity index (χ4n) is 4.48. The largest absolute Gasteiger partial charge is 0.507 e. The third kappa shape index (κ3) is 5.71. The first-order chi connectivity index (χ1) is 17.0. The minimum absolute atomic E-state index is 0.00945. The van der Waals surface area contributed by atoms with Gasteiger partial charge in [0.15, 0.2) is 0 Å². The Kier molecular flexibility index (Phi) is 8.15. The number of rotatable bonds is 9. The minimum Gasteiger partial charge on any atom is -0.507 e. The van der Waals surface area contributed by atoms with Crippen LogP contribution in [0.3, 0.4) is 0 Å². The number of amides is 1. The molecule has 7 nitrogen and oxygen atoms in total. The number of aliphatic hydroxyl groups is 1. The molecule has 2 fully saturated rings. The van der Waals surface area contributed by atoms with Crippen LogP contribution in [0, 0.1) is 5.82 Å². The summed E-state index contributed by atoms with van der Waals surface area (Å²) in [6.45, 7) is 6.72. The Labute approximate surface area is 204 Å². The number of ketones is 1. The van der Waals surface area contributed by atoms with E-state index in [0.29, 0.717) is 49.7 Å². The van der Waals surface area contributed by atoms with Gasteiger partial charge in [-0.1, -0.05) is 19.1 Å². The third-order valence-corrected chi connectivity index (χ3v) is 6.30. The number of ether oxygens (including phenoxy) is 2. The van der Waals surface area contributed by atoms with Crippen molar-refractivity contribution in [2.24, 2.45) is 0 Å². The maximum absolute atomic E-state index is 13.6. The average Bonchev–Trinajstić information content (AvgIpc) is 3.13. The Morgan fingerprint density at radius 2 is 1.74 bits per heavy atom. The Hall–Kier alpha value is -3.23. The fraction of sp³-hybridized carbons (Fsp3) is 0.407. The van der Waals surface area contributed by atoms with E-state index in [2.05, 4.69) is 4.90 Å². The lowest BCUT2D eigenvalue weighted by Gasteiger charge is -2.29. The highest BCUT2D eigenvalue weighted by Gasteiger charge is 2.45. The molecule has 2 aliphatic heterocycles. The molecule has 8 heteroatoms. The molecular weight excluding hydrogens is 451 g/mol. The van der Waals surface area contributed by atoms with E-state index in [-0.39, 0.29) is 11.3 Å². The quantitative estimate of drug-likeness (QED) is 0.333. The van der Waals surface area contributed by atoms with Crippen molar-refractivity contribution in [3.05, 3.63) is 71.0 Å². The van der Waals surface area contributed by atoms with Crippen molar-refractivity contribution in [3.8, 4) is 5.75 Å². The Morgan fingerprint density at radius 3 is 2.40 bits per heavy atom. The zero-order chi connectivity index (χ0) is 24.8. The molecular formula is C27H31FN2O5. The van der Waals surface area contributed by atoms with Crippen molar-refractivity contribution in [2.75, 3.05) is 46.0 Å². The van der Waals surface area contributed by atoms with E-state index < -0.39 is 23.5 Å². The van der Waals surface area contributed by atoms with Gasteiger partial charge in [-0.2, -0.15) is 0 Å². The molecule has 0 radical (unpaired) electrons. The molecule has 35 heavy (non-hydrogen) atoms. The van der Waals surface area contributed by atoms with Crippen molar-refractivity contribution in [3.63, 3.8) is 0 Å². The molecule has 0 bridgehead atoms. The maximum atomic E-state index is 13.6. The lowest BCUT2D eigenvalue weighted by Crippen LogP contribution is -2.38. The van der Waals surface area contributed by atoms with E-state index in [1.165, 1.54) is 17.0 Å². The smallest absolute Gasteiger partial charge is 0.295 e. The van der Waals surface area contributed by atoms with Crippen LogP contribution in [-0.2, 0) is 14.3 Å². The van der Waals surface area contributed by atoms with Crippen LogP contribution in [0.2, 0.25) is 0 Å². The topological polar surface area (TPSA) is 79.3 Å². The molecule has 0 saturated carbocycles.